The second-order valence-electron chi connectivity index (χ2n) is 9.97. The largest absolute Gasteiger partial charge is 0.493 e. The Hall–Kier alpha value is -4.10. The molecule has 1 amide bonds. The smallest absolute Gasteiger partial charge is 0.250 e. The first kappa shape index (κ1) is 24.2. The first-order valence-electron chi connectivity index (χ1n) is 13.3. The molecular formula is C31H35N5O2. The number of nitrogens with one attached hydrogen (secondary N) is 1. The first-order valence-corrected chi connectivity index (χ1v) is 13.3. The van der Waals surface area contributed by atoms with Gasteiger partial charge in [0, 0.05) is 57.3 Å². The zero-order valence-corrected chi connectivity index (χ0v) is 22.0. The molecule has 0 saturated carbocycles. The van der Waals surface area contributed by atoms with Crippen LogP contribution in [0.1, 0.15) is 13.9 Å². The predicted molar refractivity (Wildman–Crippen MR) is 156 cm³/mol. The maximum atomic E-state index is 12.6. The molecule has 2 aliphatic rings. The Morgan fingerprint density at radius 3 is 2.58 bits per heavy atom. The van der Waals surface area contributed by atoms with Crippen LogP contribution in [0.25, 0.3) is 33.4 Å². The third-order valence-corrected chi connectivity index (χ3v) is 7.69. The van der Waals surface area contributed by atoms with Crippen molar-refractivity contribution >= 4 is 28.3 Å². The quantitative estimate of drug-likeness (QED) is 0.354. The van der Waals surface area contributed by atoms with Crippen LogP contribution in [-0.4, -0.2) is 67.2 Å². The maximum absolute atomic E-state index is 12.6. The molecule has 2 aromatic carbocycles. The zero-order chi connectivity index (χ0) is 26.2. The summed E-state index contributed by atoms with van der Waals surface area (Å²) in [6, 6.07) is 17.1. The highest BCUT2D eigenvalue weighted by Gasteiger charge is 2.26. The molecule has 196 valence electrons. The molecule has 4 aromatic rings. The Labute approximate surface area is 224 Å². The Kier molecular flexibility index (Phi) is 6.37. The van der Waals surface area contributed by atoms with Gasteiger partial charge >= 0.3 is 0 Å². The van der Waals surface area contributed by atoms with Crippen molar-refractivity contribution in [3.8, 4) is 28.1 Å². The van der Waals surface area contributed by atoms with E-state index < -0.39 is 0 Å². The van der Waals surface area contributed by atoms with Crippen LogP contribution in [0.2, 0.25) is 0 Å². The topological polar surface area (TPSA) is 64.7 Å². The number of carbonyl (C=O) groups excluding carboxylic acids is 1. The molecular weight excluding hydrogens is 474 g/mol. The number of hydrogen-bond donors (Lipinski definition) is 1. The van der Waals surface area contributed by atoms with Crippen LogP contribution in [0.4, 0.5) is 11.4 Å². The van der Waals surface area contributed by atoms with E-state index in [0.717, 1.165) is 77.5 Å². The lowest BCUT2D eigenvalue weighted by atomic mass is 9.96. The van der Waals surface area contributed by atoms with Crippen molar-refractivity contribution < 1.29 is 11.0 Å². The minimum atomic E-state index is -0.0729. The van der Waals surface area contributed by atoms with E-state index >= 15 is 0 Å². The van der Waals surface area contributed by atoms with E-state index in [1.807, 2.05) is 17.9 Å². The zero-order valence-electron chi connectivity index (χ0n) is 22.0. The molecule has 38 heavy (non-hydrogen) atoms. The first-order chi connectivity index (χ1) is 18.6. The molecule has 1 N–H and O–H groups in total. The highest BCUT2D eigenvalue weighted by molar-refractivity contribution is 6.07. The molecule has 1 fully saturated rings. The number of H-pyrrole nitrogens is 1. The second-order valence-corrected chi connectivity index (χ2v) is 9.97. The number of piperazine rings is 1. The molecule has 0 unspecified atom stereocenters. The fourth-order valence-corrected chi connectivity index (χ4v) is 5.64. The molecule has 1 saturated heterocycles. The van der Waals surface area contributed by atoms with E-state index in [4.69, 9.17) is 4.74 Å². The number of aromatic amines is 1. The van der Waals surface area contributed by atoms with E-state index in [2.05, 4.69) is 75.9 Å². The summed E-state index contributed by atoms with van der Waals surface area (Å²) in [6.07, 6.45) is 4.01. The summed E-state index contributed by atoms with van der Waals surface area (Å²) in [5.41, 5.74) is 8.26. The van der Waals surface area contributed by atoms with Gasteiger partial charge in [-0.1, -0.05) is 30.8 Å². The van der Waals surface area contributed by atoms with Crippen molar-refractivity contribution in [3.63, 3.8) is 0 Å². The van der Waals surface area contributed by atoms with E-state index in [0.29, 0.717) is 13.2 Å². The maximum Gasteiger partial charge on any atom is 0.250 e. The van der Waals surface area contributed by atoms with Crippen LogP contribution in [0.5, 0.6) is 5.75 Å². The number of hydrogen-bond acceptors (Lipinski definition) is 5. The lowest BCUT2D eigenvalue weighted by molar-refractivity contribution is -0.114. The number of amides is 1. The van der Waals surface area contributed by atoms with Crippen molar-refractivity contribution in [2.24, 2.45) is 0 Å². The summed E-state index contributed by atoms with van der Waals surface area (Å²) < 4.78 is 6.06. The van der Waals surface area contributed by atoms with Crippen molar-refractivity contribution in [1.82, 2.24) is 14.9 Å². The van der Waals surface area contributed by atoms with E-state index in [1.165, 1.54) is 17.3 Å². The Morgan fingerprint density at radius 2 is 1.84 bits per heavy atom. The number of benzene rings is 2. The van der Waals surface area contributed by atoms with Crippen molar-refractivity contribution in [3.05, 3.63) is 72.9 Å². The van der Waals surface area contributed by atoms with Gasteiger partial charge in [0.15, 0.2) is 0 Å². The van der Waals surface area contributed by atoms with E-state index in [1.54, 1.807) is 6.20 Å². The summed E-state index contributed by atoms with van der Waals surface area (Å²) in [4.78, 5) is 27.4. The summed E-state index contributed by atoms with van der Waals surface area (Å²) in [6.45, 7) is 11.1. The number of rotatable bonds is 6. The predicted octanol–water partition coefficient (Wildman–Crippen LogP) is 5.37. The van der Waals surface area contributed by atoms with Gasteiger partial charge in [0.1, 0.15) is 11.4 Å². The molecule has 7 heteroatoms. The average molecular weight is 510 g/mol. The molecule has 0 aliphatic carbocycles. The molecule has 7 nitrogen and oxygen atoms in total. The number of likely N-dealkylation sites (N-methyl/N-ethyl adjacent to an activating group) is 1. The van der Waals surface area contributed by atoms with E-state index in [9.17, 15) is 4.79 Å². The molecule has 0 radical (unpaired) electrons. The van der Waals surface area contributed by atoms with Gasteiger partial charge < -0.3 is 24.4 Å². The molecule has 0 bridgehead atoms. The summed E-state index contributed by atoms with van der Waals surface area (Å²) >= 11 is 0. The Bertz CT molecular complexity index is 1510. The van der Waals surface area contributed by atoms with Crippen molar-refractivity contribution in [1.29, 1.82) is 0 Å². The highest BCUT2D eigenvalue weighted by atomic mass is 16.5. The van der Waals surface area contributed by atoms with Crippen LogP contribution in [0.15, 0.2) is 67.4 Å². The minimum Gasteiger partial charge on any atom is -0.493 e. The number of aromatic nitrogens is 2. The van der Waals surface area contributed by atoms with Crippen LogP contribution in [0.3, 0.4) is 0 Å². The number of carbonyl (C=O) groups is 1. The monoisotopic (exact) mass is 509 g/mol. The SMILES string of the molecule is C=CC(=O)N1CCc2ccc(-c3c(-c4ccc(N5CCN(C)CC5)cc4)[nH]c4nccc(OCC)c34)cc21.[HH]. The normalized spacial score (nSPS) is 15.6. The fourth-order valence-electron chi connectivity index (χ4n) is 5.64. The Morgan fingerprint density at radius 1 is 1.08 bits per heavy atom. The average Bonchev–Trinajstić information content (AvgIpc) is 3.55. The third-order valence-electron chi connectivity index (χ3n) is 7.69. The van der Waals surface area contributed by atoms with Crippen LogP contribution >= 0.6 is 0 Å². The van der Waals surface area contributed by atoms with Gasteiger partial charge in [0.2, 0.25) is 5.91 Å². The fraction of sp³-hybridized carbons (Fsp3) is 0.290. The molecule has 0 atom stereocenters. The van der Waals surface area contributed by atoms with Crippen molar-refractivity contribution in [2.45, 2.75) is 13.3 Å². The lowest BCUT2D eigenvalue weighted by Gasteiger charge is -2.34. The number of anilines is 2. The highest BCUT2D eigenvalue weighted by Crippen LogP contribution is 2.44. The van der Waals surface area contributed by atoms with Gasteiger partial charge in [-0.15, -0.1) is 0 Å². The number of ether oxygens (including phenoxy) is 1. The minimum absolute atomic E-state index is 0. The Balaban J connectivity index is 0.00000308. The number of fused-ring (bicyclic) bond motifs is 2. The molecule has 2 aromatic heterocycles. The van der Waals surface area contributed by atoms with Gasteiger partial charge in [0.25, 0.3) is 0 Å². The van der Waals surface area contributed by atoms with Crippen LogP contribution in [0, 0.1) is 0 Å². The summed E-state index contributed by atoms with van der Waals surface area (Å²) in [5, 5.41) is 0.951. The molecule has 6 rings (SSSR count). The third kappa shape index (κ3) is 4.23. The summed E-state index contributed by atoms with van der Waals surface area (Å²) in [7, 11) is 2.17. The van der Waals surface area contributed by atoms with Crippen molar-refractivity contribution in [2.75, 3.05) is 56.2 Å². The van der Waals surface area contributed by atoms with E-state index in [-0.39, 0.29) is 7.33 Å². The number of pyridine rings is 1. The van der Waals surface area contributed by atoms with Gasteiger partial charge in [0.05, 0.1) is 17.7 Å². The number of nitrogens with zero attached hydrogens (tertiary/aromatic N) is 4. The standard InChI is InChI=1S/C31H33N5O2.H2/c1-4-27(37)36-15-13-21-6-7-23(20-25(21)36)28-29-26(38-5-2)12-14-32-31(29)33-30(28)22-8-10-24(11-9-22)35-18-16-34(3)17-19-35;/h4,6-12,14,20H,1,5,13,15-19H2,2-3H3,(H,32,33);1H. The van der Waals surface area contributed by atoms with Gasteiger partial charge in [-0.2, -0.15) is 0 Å². The van der Waals surface area contributed by atoms with Gasteiger partial charge in [-0.05, 0) is 67.4 Å². The second kappa shape index (κ2) is 9.99. The molecule has 4 heterocycles. The lowest BCUT2D eigenvalue weighted by Crippen LogP contribution is -2.44. The summed E-state index contributed by atoms with van der Waals surface area (Å²) in [5.74, 6) is 0.722. The van der Waals surface area contributed by atoms with Crippen LogP contribution in [-0.2, 0) is 11.2 Å². The van der Waals surface area contributed by atoms with Gasteiger partial charge in [-0.3, -0.25) is 4.79 Å². The molecule has 2 aliphatic heterocycles. The molecule has 0 spiro atoms. The van der Waals surface area contributed by atoms with Gasteiger partial charge in [-0.25, -0.2) is 4.98 Å². The van der Waals surface area contributed by atoms with Crippen LogP contribution < -0.4 is 14.5 Å².